The molecule has 5 nitrogen and oxygen atoms in total. The molecular weight excluding hydrogens is 342 g/mol. The molecule has 0 spiro atoms. The second-order valence-corrected chi connectivity index (χ2v) is 7.90. The highest BCUT2D eigenvalue weighted by molar-refractivity contribution is 5.98. The van der Waals surface area contributed by atoms with Gasteiger partial charge in [-0.1, -0.05) is 26.7 Å². The molecule has 1 saturated heterocycles. The summed E-state index contributed by atoms with van der Waals surface area (Å²) in [6.45, 7) is 4.82. The molecule has 2 fully saturated rings. The number of hydrogen-bond donors (Lipinski definition) is 0. The fourth-order valence-corrected chi connectivity index (χ4v) is 4.49. The molecule has 1 aliphatic carbocycles. The molecule has 1 aromatic rings. The maximum Gasteiger partial charge on any atom is 0.313 e. The third-order valence-corrected chi connectivity index (χ3v) is 5.90. The number of ketones is 1. The highest BCUT2D eigenvalue weighted by atomic mass is 16.6. The first-order valence-electron chi connectivity index (χ1n) is 10.4. The molecule has 148 valence electrons. The van der Waals surface area contributed by atoms with E-state index in [1.807, 2.05) is 6.20 Å². The smallest absolute Gasteiger partial charge is 0.313 e. The summed E-state index contributed by atoms with van der Waals surface area (Å²) in [4.78, 5) is 28.8. The van der Waals surface area contributed by atoms with Gasteiger partial charge < -0.3 is 9.47 Å². The molecule has 2 aliphatic rings. The summed E-state index contributed by atoms with van der Waals surface area (Å²) in [6, 6.07) is 2.10. The monoisotopic (exact) mass is 373 g/mol. The van der Waals surface area contributed by atoms with Crippen LogP contribution in [-0.4, -0.2) is 28.9 Å². The molecular formula is C22H31NO4. The van der Waals surface area contributed by atoms with E-state index >= 15 is 0 Å². The van der Waals surface area contributed by atoms with Crippen LogP contribution >= 0.6 is 0 Å². The molecule has 2 heterocycles. The zero-order valence-electron chi connectivity index (χ0n) is 16.6. The predicted molar refractivity (Wildman–Crippen MR) is 103 cm³/mol. The van der Waals surface area contributed by atoms with Gasteiger partial charge in [0.25, 0.3) is 0 Å². The quantitative estimate of drug-likeness (QED) is 0.505. The van der Waals surface area contributed by atoms with Gasteiger partial charge in [0.2, 0.25) is 0 Å². The average molecular weight is 373 g/mol. The van der Waals surface area contributed by atoms with E-state index in [9.17, 15) is 9.59 Å². The summed E-state index contributed by atoms with van der Waals surface area (Å²) in [6.07, 6.45) is 9.67. The fraction of sp³-hybridized carbons (Fsp3) is 0.682. The second kappa shape index (κ2) is 8.85. The van der Waals surface area contributed by atoms with Crippen molar-refractivity contribution in [2.75, 3.05) is 6.61 Å². The van der Waals surface area contributed by atoms with Crippen molar-refractivity contribution in [2.45, 2.75) is 83.7 Å². The Balaban J connectivity index is 1.82. The standard InChI is InChI=1S/C22H31NO4/c1-3-11-26-20-15-23-18(4-2)12-16(20)9-10-22(17-7-5-6-8-17)14-19(24)13-21(25)27-22/h12,15,17H,3-11,13-14H2,1-2H3. The summed E-state index contributed by atoms with van der Waals surface area (Å²) in [5.41, 5.74) is 1.49. The molecule has 1 aliphatic heterocycles. The minimum absolute atomic E-state index is 0.0181. The molecule has 0 amide bonds. The van der Waals surface area contributed by atoms with E-state index in [2.05, 4.69) is 24.9 Å². The molecule has 1 aromatic heterocycles. The molecule has 0 aromatic carbocycles. The van der Waals surface area contributed by atoms with Gasteiger partial charge in [-0.3, -0.25) is 14.6 Å². The van der Waals surface area contributed by atoms with E-state index in [0.717, 1.165) is 62.0 Å². The van der Waals surface area contributed by atoms with Crippen molar-refractivity contribution in [1.82, 2.24) is 4.98 Å². The number of carbonyl (C=O) groups excluding carboxylic acids is 2. The van der Waals surface area contributed by atoms with Gasteiger partial charge >= 0.3 is 5.97 Å². The van der Waals surface area contributed by atoms with Crippen LogP contribution < -0.4 is 4.74 Å². The van der Waals surface area contributed by atoms with Crippen LogP contribution in [0.5, 0.6) is 5.75 Å². The Bertz CT molecular complexity index is 663. The highest BCUT2D eigenvalue weighted by Crippen LogP contribution is 2.44. The minimum atomic E-state index is -0.638. The predicted octanol–water partition coefficient (Wildman–Crippen LogP) is 4.20. The number of rotatable bonds is 8. The van der Waals surface area contributed by atoms with Crippen molar-refractivity contribution in [3.63, 3.8) is 0 Å². The third-order valence-electron chi connectivity index (χ3n) is 5.90. The summed E-state index contributed by atoms with van der Waals surface area (Å²) >= 11 is 0. The SMILES string of the molecule is CCCOc1cnc(CC)cc1CCC1(C2CCCC2)CC(=O)CC(=O)O1. The van der Waals surface area contributed by atoms with Gasteiger partial charge in [0.1, 0.15) is 23.6 Å². The Morgan fingerprint density at radius 1 is 1.26 bits per heavy atom. The number of Topliss-reactive ketones (excluding diaryl/α,β-unsaturated/α-hetero) is 1. The summed E-state index contributed by atoms with van der Waals surface area (Å²) in [7, 11) is 0. The van der Waals surface area contributed by atoms with E-state index in [1.165, 1.54) is 0 Å². The Morgan fingerprint density at radius 2 is 2.04 bits per heavy atom. The number of ether oxygens (including phenoxy) is 2. The lowest BCUT2D eigenvalue weighted by atomic mass is 9.76. The van der Waals surface area contributed by atoms with Gasteiger partial charge in [0.15, 0.2) is 0 Å². The third kappa shape index (κ3) is 4.69. The summed E-state index contributed by atoms with van der Waals surface area (Å²) in [5, 5.41) is 0. The van der Waals surface area contributed by atoms with Crippen molar-refractivity contribution in [2.24, 2.45) is 5.92 Å². The van der Waals surface area contributed by atoms with E-state index in [-0.39, 0.29) is 24.1 Å². The maximum absolute atomic E-state index is 12.2. The Labute approximate surface area is 161 Å². The van der Waals surface area contributed by atoms with Crippen molar-refractivity contribution < 1.29 is 19.1 Å². The molecule has 0 N–H and O–H groups in total. The van der Waals surface area contributed by atoms with Gasteiger partial charge in [-0.2, -0.15) is 0 Å². The van der Waals surface area contributed by atoms with Gasteiger partial charge in [0, 0.05) is 12.1 Å². The maximum atomic E-state index is 12.2. The van der Waals surface area contributed by atoms with Crippen LogP contribution in [0.4, 0.5) is 0 Å². The molecule has 1 unspecified atom stereocenters. The lowest BCUT2D eigenvalue weighted by Crippen LogP contribution is -2.48. The van der Waals surface area contributed by atoms with Crippen molar-refractivity contribution in [1.29, 1.82) is 0 Å². The fourth-order valence-electron chi connectivity index (χ4n) is 4.49. The Morgan fingerprint density at radius 3 is 2.70 bits per heavy atom. The van der Waals surface area contributed by atoms with Gasteiger partial charge in [-0.15, -0.1) is 0 Å². The van der Waals surface area contributed by atoms with Gasteiger partial charge in [0.05, 0.1) is 12.8 Å². The average Bonchev–Trinajstić information content (AvgIpc) is 3.19. The van der Waals surface area contributed by atoms with Crippen LogP contribution in [0.2, 0.25) is 0 Å². The molecule has 27 heavy (non-hydrogen) atoms. The van der Waals surface area contributed by atoms with Crippen LogP contribution in [0.25, 0.3) is 0 Å². The molecule has 0 bridgehead atoms. The number of carbonyl (C=O) groups is 2. The van der Waals surface area contributed by atoms with Gasteiger partial charge in [-0.25, -0.2) is 0 Å². The Hall–Kier alpha value is -1.91. The summed E-state index contributed by atoms with van der Waals surface area (Å²) < 4.78 is 11.8. The van der Waals surface area contributed by atoms with Crippen LogP contribution in [0.15, 0.2) is 12.3 Å². The number of hydrogen-bond acceptors (Lipinski definition) is 5. The largest absolute Gasteiger partial charge is 0.492 e. The van der Waals surface area contributed by atoms with Crippen LogP contribution in [-0.2, 0) is 27.2 Å². The zero-order chi connectivity index (χ0) is 19.3. The zero-order valence-corrected chi connectivity index (χ0v) is 16.6. The van der Waals surface area contributed by atoms with Crippen molar-refractivity contribution in [3.8, 4) is 5.75 Å². The Kier molecular flexibility index (Phi) is 6.51. The number of pyridine rings is 1. The second-order valence-electron chi connectivity index (χ2n) is 7.90. The van der Waals surface area contributed by atoms with E-state index in [4.69, 9.17) is 9.47 Å². The number of aryl methyl sites for hydroxylation is 2. The first kappa shape index (κ1) is 19.8. The number of cyclic esters (lactones) is 1. The molecule has 0 radical (unpaired) electrons. The van der Waals surface area contributed by atoms with Crippen LogP contribution in [0.3, 0.4) is 0 Å². The molecule has 3 rings (SSSR count). The van der Waals surface area contributed by atoms with E-state index in [1.54, 1.807) is 0 Å². The lowest BCUT2D eigenvalue weighted by Gasteiger charge is -2.41. The van der Waals surface area contributed by atoms with Crippen LogP contribution in [0, 0.1) is 5.92 Å². The molecule has 5 heteroatoms. The number of esters is 1. The molecule has 1 atom stereocenters. The van der Waals surface area contributed by atoms with E-state index in [0.29, 0.717) is 19.4 Å². The molecule has 1 saturated carbocycles. The van der Waals surface area contributed by atoms with Crippen LogP contribution in [0.1, 0.15) is 76.5 Å². The van der Waals surface area contributed by atoms with E-state index < -0.39 is 5.60 Å². The highest BCUT2D eigenvalue weighted by Gasteiger charge is 2.47. The number of aromatic nitrogens is 1. The first-order valence-corrected chi connectivity index (χ1v) is 10.4. The minimum Gasteiger partial charge on any atom is -0.492 e. The van der Waals surface area contributed by atoms with Gasteiger partial charge in [-0.05, 0) is 56.1 Å². The first-order chi connectivity index (χ1) is 13.1. The van der Waals surface area contributed by atoms with Crippen molar-refractivity contribution >= 4 is 11.8 Å². The van der Waals surface area contributed by atoms with Crippen molar-refractivity contribution in [3.05, 3.63) is 23.5 Å². The number of nitrogens with zero attached hydrogens (tertiary/aromatic N) is 1. The topological polar surface area (TPSA) is 65.5 Å². The lowest BCUT2D eigenvalue weighted by molar-refractivity contribution is -0.178. The summed E-state index contributed by atoms with van der Waals surface area (Å²) in [5.74, 6) is 0.761. The normalized spacial score (nSPS) is 23.5.